The van der Waals surface area contributed by atoms with Gasteiger partial charge in [-0.05, 0) is 0 Å². The summed E-state index contributed by atoms with van der Waals surface area (Å²) in [4.78, 5) is 0. The first-order valence-corrected chi connectivity index (χ1v) is 2.50. The van der Waals surface area contributed by atoms with E-state index in [1.165, 1.54) is 0 Å². The van der Waals surface area contributed by atoms with Crippen molar-refractivity contribution in [3.63, 3.8) is 0 Å². The predicted octanol–water partition coefficient (Wildman–Crippen LogP) is 3.26. The molecule has 0 aromatic carbocycles. The summed E-state index contributed by atoms with van der Waals surface area (Å²) < 4.78 is 71.4. The van der Waals surface area contributed by atoms with Gasteiger partial charge < -0.3 is 17.3 Å². The maximum Gasteiger partial charge on any atom is 0.673 e. The van der Waals surface area contributed by atoms with Crippen LogP contribution in [-0.4, -0.2) is 13.4 Å². The van der Waals surface area contributed by atoms with E-state index in [0.717, 1.165) is 6.92 Å². The molecule has 0 bridgehead atoms. The van der Waals surface area contributed by atoms with Crippen LogP contribution in [0.15, 0.2) is 0 Å². The first-order chi connectivity index (χ1) is 4.56. The van der Waals surface area contributed by atoms with Gasteiger partial charge in [0.15, 0.2) is 0 Å². The quantitative estimate of drug-likeness (QED) is 0.401. The van der Waals surface area contributed by atoms with Crippen LogP contribution in [-0.2, 0) is 0 Å². The average Bonchev–Trinajstić information content (AvgIpc) is 1.59. The summed E-state index contributed by atoms with van der Waals surface area (Å²) in [7, 11) is -6.00. The Balaban J connectivity index is 0. The van der Waals surface area contributed by atoms with Crippen LogP contribution in [0.2, 0.25) is 0 Å². The summed E-state index contributed by atoms with van der Waals surface area (Å²) in [6.45, 7) is 1.08. The van der Waals surface area contributed by atoms with Crippen molar-refractivity contribution in [3.05, 3.63) is 0 Å². The van der Waals surface area contributed by atoms with E-state index < -0.39 is 19.9 Å². The molecular formula is C3H5BF7-. The summed E-state index contributed by atoms with van der Waals surface area (Å²) >= 11 is 0. The Kier molecular flexibility index (Phi) is 5.34. The van der Waals surface area contributed by atoms with Crippen LogP contribution >= 0.6 is 0 Å². The lowest BCUT2D eigenvalue weighted by Crippen LogP contribution is -2.02. The maximum atomic E-state index is 10.8. The van der Waals surface area contributed by atoms with Gasteiger partial charge in [0.1, 0.15) is 0 Å². The molecular weight excluding hydrogens is 180 g/mol. The van der Waals surface area contributed by atoms with Crippen LogP contribution in [0.4, 0.5) is 30.4 Å². The van der Waals surface area contributed by atoms with Crippen LogP contribution < -0.4 is 0 Å². The highest BCUT2D eigenvalue weighted by Crippen LogP contribution is 2.17. The van der Waals surface area contributed by atoms with Crippen molar-refractivity contribution in [1.29, 1.82) is 0 Å². The van der Waals surface area contributed by atoms with Crippen LogP contribution in [0.5, 0.6) is 0 Å². The van der Waals surface area contributed by atoms with Gasteiger partial charge in [-0.1, -0.05) is 6.92 Å². The van der Waals surface area contributed by atoms with E-state index in [9.17, 15) is 30.4 Å². The topological polar surface area (TPSA) is 0 Å². The van der Waals surface area contributed by atoms with Gasteiger partial charge in [-0.15, -0.1) is 0 Å². The van der Waals surface area contributed by atoms with Crippen LogP contribution in [0.3, 0.4) is 0 Å². The third-order valence-corrected chi connectivity index (χ3v) is 0.401. The normalized spacial score (nSPS) is 12.0. The summed E-state index contributed by atoms with van der Waals surface area (Å²) in [5.41, 5.74) is 0. The van der Waals surface area contributed by atoms with Gasteiger partial charge in [0.25, 0.3) is 0 Å². The van der Waals surface area contributed by atoms with E-state index in [0.29, 0.717) is 0 Å². The zero-order chi connectivity index (χ0) is 9.71. The molecule has 8 heteroatoms. The number of halogens is 7. The van der Waals surface area contributed by atoms with Crippen molar-refractivity contribution >= 4 is 7.25 Å². The summed E-state index contributed by atoms with van der Waals surface area (Å²) in [6.07, 6.45) is -4.69. The first-order valence-electron chi connectivity index (χ1n) is 2.50. The average molecular weight is 185 g/mol. The number of hydrogen-bond donors (Lipinski definition) is 0. The molecule has 0 atom stereocenters. The van der Waals surface area contributed by atoms with E-state index in [1.54, 1.807) is 0 Å². The number of alkyl halides is 3. The Morgan fingerprint density at radius 1 is 1.00 bits per heavy atom. The summed E-state index contributed by atoms with van der Waals surface area (Å²) in [5.74, 6) is 0. The molecule has 0 nitrogen and oxygen atoms in total. The maximum absolute atomic E-state index is 10.8. The molecule has 0 aliphatic heterocycles. The van der Waals surface area contributed by atoms with Crippen molar-refractivity contribution in [2.45, 2.75) is 19.5 Å². The Morgan fingerprint density at radius 3 is 1.09 bits per heavy atom. The number of hydrogen-bond acceptors (Lipinski definition) is 0. The summed E-state index contributed by atoms with van der Waals surface area (Å²) in [6, 6.07) is 0. The predicted molar refractivity (Wildman–Crippen MR) is 26.5 cm³/mol. The molecule has 0 radical (unpaired) electrons. The Bertz CT molecular complexity index is 84.8. The fourth-order valence-corrected chi connectivity index (χ4v) is 0. The third-order valence-electron chi connectivity index (χ3n) is 0.401. The van der Waals surface area contributed by atoms with E-state index in [1.807, 2.05) is 0 Å². The van der Waals surface area contributed by atoms with Crippen molar-refractivity contribution in [2.75, 3.05) is 0 Å². The molecule has 0 saturated heterocycles. The van der Waals surface area contributed by atoms with Gasteiger partial charge in [-0.25, -0.2) is 0 Å². The van der Waals surface area contributed by atoms with E-state index in [4.69, 9.17) is 0 Å². The minimum atomic E-state index is -6.00. The minimum Gasteiger partial charge on any atom is -0.418 e. The minimum absolute atomic E-state index is 0.729. The molecule has 0 unspecified atom stereocenters. The standard InChI is InChI=1S/C3H5F3.BF4/c1-2-3(4,5)6;2-1(3,4)5/h2H2,1H3;/q;-1. The second-order valence-corrected chi connectivity index (χ2v) is 1.46. The smallest absolute Gasteiger partial charge is 0.418 e. The third kappa shape index (κ3) is 82.9. The fraction of sp³-hybridized carbons (Fsp3) is 1.00. The molecule has 0 heterocycles. The molecule has 70 valence electrons. The van der Waals surface area contributed by atoms with Crippen LogP contribution in [0, 0.1) is 0 Å². The van der Waals surface area contributed by atoms with E-state index >= 15 is 0 Å². The SMILES string of the molecule is CCC(F)(F)F.F[B-](F)(F)F. The molecule has 11 heavy (non-hydrogen) atoms. The Labute approximate surface area is 58.5 Å². The van der Waals surface area contributed by atoms with Crippen molar-refractivity contribution in [3.8, 4) is 0 Å². The molecule has 0 amide bonds. The molecule has 0 N–H and O–H groups in total. The van der Waals surface area contributed by atoms with E-state index in [-0.39, 0.29) is 0 Å². The monoisotopic (exact) mass is 185 g/mol. The molecule has 0 rings (SSSR count). The van der Waals surface area contributed by atoms with Gasteiger partial charge in [0, 0.05) is 6.42 Å². The van der Waals surface area contributed by atoms with Crippen LogP contribution in [0.25, 0.3) is 0 Å². The molecule has 0 spiro atoms. The molecule has 0 aliphatic rings. The molecule has 0 aliphatic carbocycles. The molecule has 0 aromatic rings. The fourth-order valence-electron chi connectivity index (χ4n) is 0. The van der Waals surface area contributed by atoms with Crippen molar-refractivity contribution in [2.24, 2.45) is 0 Å². The number of rotatable bonds is 0. The van der Waals surface area contributed by atoms with Crippen molar-refractivity contribution < 1.29 is 30.4 Å². The molecule has 0 saturated carbocycles. The lowest BCUT2D eigenvalue weighted by Gasteiger charge is -1.96. The largest absolute Gasteiger partial charge is 0.673 e. The lowest BCUT2D eigenvalue weighted by molar-refractivity contribution is -0.130. The highest BCUT2D eigenvalue weighted by Gasteiger charge is 2.22. The van der Waals surface area contributed by atoms with E-state index in [2.05, 4.69) is 0 Å². The second kappa shape index (κ2) is 4.45. The lowest BCUT2D eigenvalue weighted by atomic mass is 10.3. The van der Waals surface area contributed by atoms with Crippen molar-refractivity contribution in [1.82, 2.24) is 0 Å². The zero-order valence-corrected chi connectivity index (χ0v) is 5.43. The van der Waals surface area contributed by atoms with Gasteiger partial charge in [0.2, 0.25) is 0 Å². The highest BCUT2D eigenvalue weighted by atomic mass is 19.5. The van der Waals surface area contributed by atoms with Gasteiger partial charge in [-0.3, -0.25) is 0 Å². The summed E-state index contributed by atoms with van der Waals surface area (Å²) in [5, 5.41) is 0. The Morgan fingerprint density at radius 2 is 1.09 bits per heavy atom. The Hall–Kier alpha value is -0.425. The molecule has 0 aromatic heterocycles. The first kappa shape index (κ1) is 13.2. The highest BCUT2D eigenvalue weighted by molar-refractivity contribution is 6.50. The van der Waals surface area contributed by atoms with Gasteiger partial charge >= 0.3 is 13.4 Å². The van der Waals surface area contributed by atoms with Crippen LogP contribution in [0.1, 0.15) is 13.3 Å². The second-order valence-electron chi connectivity index (χ2n) is 1.46. The van der Waals surface area contributed by atoms with Gasteiger partial charge in [0.05, 0.1) is 0 Å². The zero-order valence-electron chi connectivity index (χ0n) is 5.43. The van der Waals surface area contributed by atoms with Gasteiger partial charge in [-0.2, -0.15) is 13.2 Å². The molecule has 0 fully saturated rings.